The molecule has 0 aliphatic rings. The van der Waals surface area contributed by atoms with Gasteiger partial charge in [-0.25, -0.2) is 0 Å². The van der Waals surface area contributed by atoms with Crippen molar-refractivity contribution >= 4 is 17.3 Å². The van der Waals surface area contributed by atoms with Gasteiger partial charge < -0.3 is 25.4 Å². The summed E-state index contributed by atoms with van der Waals surface area (Å²) in [7, 11) is 5.48. The molecule has 0 saturated carbocycles. The zero-order chi connectivity index (χ0) is 17.5. The first-order valence-corrected chi connectivity index (χ1v) is 7.62. The fourth-order valence-corrected chi connectivity index (χ4v) is 2.13. The minimum atomic E-state index is -0.250. The Kier molecular flexibility index (Phi) is 6.03. The van der Waals surface area contributed by atoms with Gasteiger partial charge in [0.05, 0.1) is 18.4 Å². The second-order valence-electron chi connectivity index (χ2n) is 5.56. The molecule has 24 heavy (non-hydrogen) atoms. The maximum atomic E-state index is 12.5. The summed E-state index contributed by atoms with van der Waals surface area (Å²) < 4.78 is 10.8. The van der Waals surface area contributed by atoms with E-state index in [0.29, 0.717) is 35.0 Å². The van der Waals surface area contributed by atoms with Crippen molar-refractivity contribution in [2.45, 2.75) is 0 Å². The highest BCUT2D eigenvalue weighted by Crippen LogP contribution is 2.26. The molecule has 3 N–H and O–H groups in total. The summed E-state index contributed by atoms with van der Waals surface area (Å²) in [6.45, 7) is 1.28. The molecule has 6 heteroatoms. The lowest BCUT2D eigenvalue weighted by Crippen LogP contribution is -2.20. The number of amides is 1. The van der Waals surface area contributed by atoms with Crippen molar-refractivity contribution in [2.24, 2.45) is 0 Å². The van der Waals surface area contributed by atoms with Gasteiger partial charge in [-0.1, -0.05) is 12.1 Å². The van der Waals surface area contributed by atoms with Crippen LogP contribution in [0.1, 0.15) is 10.4 Å². The molecule has 2 aromatic carbocycles. The quantitative estimate of drug-likeness (QED) is 0.763. The Morgan fingerprint density at radius 1 is 1.17 bits per heavy atom. The van der Waals surface area contributed by atoms with Crippen molar-refractivity contribution in [1.29, 1.82) is 0 Å². The van der Waals surface area contributed by atoms with Crippen molar-refractivity contribution in [3.8, 4) is 11.5 Å². The molecule has 0 radical (unpaired) electrons. The van der Waals surface area contributed by atoms with E-state index < -0.39 is 0 Å². The monoisotopic (exact) mass is 329 g/mol. The maximum absolute atomic E-state index is 12.5. The summed E-state index contributed by atoms with van der Waals surface area (Å²) in [5.41, 5.74) is 7.40. The number of carbonyl (C=O) groups is 1. The van der Waals surface area contributed by atoms with Crippen LogP contribution in [-0.4, -0.2) is 45.2 Å². The number of rotatable bonds is 7. The minimum Gasteiger partial charge on any atom is -0.495 e. The normalized spacial score (nSPS) is 10.5. The fourth-order valence-electron chi connectivity index (χ4n) is 2.13. The lowest BCUT2D eigenvalue weighted by atomic mass is 10.1. The standard InChI is InChI=1S/C18H23N3O3/c1-21(2)10-11-24-16-7-5-4-6-14(16)18(22)20-13-8-9-17(23-3)15(19)12-13/h4-9,12H,10-11,19H2,1-3H3,(H,20,22). The highest BCUT2D eigenvalue weighted by atomic mass is 16.5. The van der Waals surface area contributed by atoms with Crippen molar-refractivity contribution in [3.63, 3.8) is 0 Å². The van der Waals surface area contributed by atoms with E-state index in [4.69, 9.17) is 15.2 Å². The molecule has 0 saturated heterocycles. The van der Waals surface area contributed by atoms with Gasteiger partial charge in [-0.15, -0.1) is 0 Å². The molecular weight excluding hydrogens is 306 g/mol. The van der Waals surface area contributed by atoms with Gasteiger partial charge in [0.2, 0.25) is 0 Å². The number of para-hydroxylation sites is 1. The molecule has 2 rings (SSSR count). The van der Waals surface area contributed by atoms with Gasteiger partial charge in [-0.05, 0) is 44.4 Å². The topological polar surface area (TPSA) is 76.8 Å². The Labute approximate surface area is 142 Å². The molecular formula is C18H23N3O3. The molecule has 0 atom stereocenters. The first kappa shape index (κ1) is 17.6. The van der Waals surface area contributed by atoms with Gasteiger partial charge in [0.25, 0.3) is 5.91 Å². The predicted octanol–water partition coefficient (Wildman–Crippen LogP) is 2.47. The lowest BCUT2D eigenvalue weighted by Gasteiger charge is -2.14. The molecule has 0 aliphatic carbocycles. The molecule has 0 aromatic heterocycles. The predicted molar refractivity (Wildman–Crippen MR) is 95.9 cm³/mol. The van der Waals surface area contributed by atoms with Crippen LogP contribution >= 0.6 is 0 Å². The number of nitrogens with one attached hydrogen (secondary N) is 1. The number of methoxy groups -OCH3 is 1. The summed E-state index contributed by atoms with van der Waals surface area (Å²) in [5, 5.41) is 2.83. The van der Waals surface area contributed by atoms with Crippen LogP contribution in [0.4, 0.5) is 11.4 Å². The third-order valence-electron chi connectivity index (χ3n) is 3.42. The van der Waals surface area contributed by atoms with Gasteiger partial charge in [-0.3, -0.25) is 4.79 Å². The number of likely N-dealkylation sites (N-methyl/N-ethyl adjacent to an activating group) is 1. The molecule has 1 amide bonds. The van der Waals surface area contributed by atoms with Gasteiger partial charge in [-0.2, -0.15) is 0 Å². The molecule has 6 nitrogen and oxygen atoms in total. The van der Waals surface area contributed by atoms with Crippen LogP contribution in [-0.2, 0) is 0 Å². The molecule has 0 spiro atoms. The summed E-state index contributed by atoms with van der Waals surface area (Å²) in [6.07, 6.45) is 0. The zero-order valence-corrected chi connectivity index (χ0v) is 14.2. The molecule has 2 aromatic rings. The third-order valence-corrected chi connectivity index (χ3v) is 3.42. The van der Waals surface area contributed by atoms with E-state index in [1.165, 1.54) is 0 Å². The molecule has 0 fully saturated rings. The van der Waals surface area contributed by atoms with E-state index in [-0.39, 0.29) is 5.91 Å². The van der Waals surface area contributed by atoms with Crippen LogP contribution in [0.25, 0.3) is 0 Å². The number of carbonyl (C=O) groups excluding carboxylic acids is 1. The number of benzene rings is 2. The number of anilines is 2. The fraction of sp³-hybridized carbons (Fsp3) is 0.278. The second-order valence-corrected chi connectivity index (χ2v) is 5.56. The van der Waals surface area contributed by atoms with E-state index >= 15 is 0 Å². The first-order valence-electron chi connectivity index (χ1n) is 7.62. The Bertz CT molecular complexity index is 702. The number of nitrogen functional groups attached to an aromatic ring is 1. The molecule has 0 aliphatic heterocycles. The molecule has 128 valence electrons. The van der Waals surface area contributed by atoms with Gasteiger partial charge in [0.1, 0.15) is 18.1 Å². The van der Waals surface area contributed by atoms with Crippen molar-refractivity contribution in [2.75, 3.05) is 45.4 Å². The van der Waals surface area contributed by atoms with E-state index in [1.54, 1.807) is 43.5 Å². The Balaban J connectivity index is 2.10. The molecule has 0 heterocycles. The van der Waals surface area contributed by atoms with Crippen LogP contribution < -0.4 is 20.5 Å². The molecule has 0 unspecified atom stereocenters. The van der Waals surface area contributed by atoms with Crippen LogP contribution in [0.2, 0.25) is 0 Å². The van der Waals surface area contributed by atoms with Crippen LogP contribution in [0.15, 0.2) is 42.5 Å². The number of nitrogens with zero attached hydrogens (tertiary/aromatic N) is 1. The largest absolute Gasteiger partial charge is 0.495 e. The number of hydrogen-bond donors (Lipinski definition) is 2. The van der Waals surface area contributed by atoms with E-state index in [0.717, 1.165) is 6.54 Å². The van der Waals surface area contributed by atoms with Crippen LogP contribution in [0.3, 0.4) is 0 Å². The van der Waals surface area contributed by atoms with Crippen molar-refractivity contribution in [3.05, 3.63) is 48.0 Å². The summed E-state index contributed by atoms with van der Waals surface area (Å²) in [5.74, 6) is 0.874. The maximum Gasteiger partial charge on any atom is 0.259 e. The average Bonchev–Trinajstić information content (AvgIpc) is 2.55. The third kappa shape index (κ3) is 4.63. The van der Waals surface area contributed by atoms with Crippen molar-refractivity contribution < 1.29 is 14.3 Å². The SMILES string of the molecule is COc1ccc(NC(=O)c2ccccc2OCCN(C)C)cc1N. The van der Waals surface area contributed by atoms with Crippen LogP contribution in [0.5, 0.6) is 11.5 Å². The minimum absolute atomic E-state index is 0.250. The highest BCUT2D eigenvalue weighted by Gasteiger charge is 2.13. The summed E-state index contributed by atoms with van der Waals surface area (Å²) >= 11 is 0. The van der Waals surface area contributed by atoms with Crippen molar-refractivity contribution in [1.82, 2.24) is 4.90 Å². The number of ether oxygens (including phenoxy) is 2. The highest BCUT2D eigenvalue weighted by molar-refractivity contribution is 6.06. The molecule has 0 bridgehead atoms. The van der Waals surface area contributed by atoms with E-state index in [1.807, 2.05) is 25.1 Å². The summed E-state index contributed by atoms with van der Waals surface area (Å²) in [6, 6.07) is 12.3. The van der Waals surface area contributed by atoms with E-state index in [2.05, 4.69) is 5.32 Å². The van der Waals surface area contributed by atoms with Gasteiger partial charge in [0, 0.05) is 12.2 Å². The number of hydrogen-bond acceptors (Lipinski definition) is 5. The second kappa shape index (κ2) is 8.21. The summed E-state index contributed by atoms with van der Waals surface area (Å²) in [4.78, 5) is 14.5. The first-order chi connectivity index (χ1) is 11.5. The lowest BCUT2D eigenvalue weighted by molar-refractivity contribution is 0.102. The Morgan fingerprint density at radius 2 is 1.92 bits per heavy atom. The van der Waals surface area contributed by atoms with E-state index in [9.17, 15) is 4.79 Å². The zero-order valence-electron chi connectivity index (χ0n) is 14.2. The Hall–Kier alpha value is -2.73. The Morgan fingerprint density at radius 3 is 2.58 bits per heavy atom. The van der Waals surface area contributed by atoms with Gasteiger partial charge in [0.15, 0.2) is 0 Å². The van der Waals surface area contributed by atoms with Crippen LogP contribution in [0, 0.1) is 0 Å². The smallest absolute Gasteiger partial charge is 0.259 e. The number of nitrogens with two attached hydrogens (primary N) is 1. The average molecular weight is 329 g/mol. The van der Waals surface area contributed by atoms with Gasteiger partial charge >= 0.3 is 0 Å².